The Balaban J connectivity index is 1.56. The fraction of sp³-hybridized carbons (Fsp3) is 0.667. The van der Waals surface area contributed by atoms with Crippen molar-refractivity contribution in [2.24, 2.45) is 23.2 Å². The van der Waals surface area contributed by atoms with Crippen LogP contribution in [0.1, 0.15) is 50.5 Å². The average molecular weight is 238 g/mol. The summed E-state index contributed by atoms with van der Waals surface area (Å²) in [6, 6.07) is 11.5. The molecule has 5 atom stereocenters. The van der Waals surface area contributed by atoms with Crippen LogP contribution in [0, 0.1) is 23.2 Å². The maximum atomic E-state index is 2.41. The Hall–Kier alpha value is -0.780. The predicted octanol–water partition coefficient (Wildman–Crippen LogP) is 4.54. The summed E-state index contributed by atoms with van der Waals surface area (Å²) < 4.78 is 0. The largest absolute Gasteiger partial charge is 0.0622 e. The van der Waals surface area contributed by atoms with E-state index in [4.69, 9.17) is 0 Å². The summed E-state index contributed by atoms with van der Waals surface area (Å²) in [6.45, 7) is 0. The van der Waals surface area contributed by atoms with Crippen LogP contribution in [0.5, 0.6) is 0 Å². The number of hydrogen-bond acceptors (Lipinski definition) is 0. The standard InChI is InChI=1S/C18H22/c1-3-7-13(8-4-1)18-12-14(18)11-17-10-6-2-5-9-15(17)16(17)18/h1,3-4,7-8,14-16H,2,5-6,9-12H2/t14-,15-,16+,17?,18-/m0/s1. The van der Waals surface area contributed by atoms with Crippen molar-refractivity contribution in [1.29, 1.82) is 0 Å². The Labute approximate surface area is 110 Å². The second kappa shape index (κ2) is 3.03. The molecule has 0 amide bonds. The molecule has 0 heterocycles. The van der Waals surface area contributed by atoms with Crippen molar-refractivity contribution in [1.82, 2.24) is 0 Å². The normalized spacial score (nSPS) is 51.9. The minimum atomic E-state index is 0.656. The first-order valence-electron chi connectivity index (χ1n) is 7.93. The zero-order valence-corrected chi connectivity index (χ0v) is 11.1. The van der Waals surface area contributed by atoms with E-state index in [1.807, 2.05) is 0 Å². The molecule has 0 saturated heterocycles. The van der Waals surface area contributed by atoms with Crippen LogP contribution in [-0.4, -0.2) is 0 Å². The van der Waals surface area contributed by atoms with Crippen LogP contribution >= 0.6 is 0 Å². The molecule has 4 aliphatic carbocycles. The minimum Gasteiger partial charge on any atom is -0.0622 e. The van der Waals surface area contributed by atoms with Crippen molar-refractivity contribution in [3.8, 4) is 0 Å². The van der Waals surface area contributed by atoms with Gasteiger partial charge in [0, 0.05) is 5.41 Å². The molecule has 0 nitrogen and oxygen atoms in total. The molecule has 0 bridgehead atoms. The quantitative estimate of drug-likeness (QED) is 0.673. The Bertz CT molecular complexity index is 490. The van der Waals surface area contributed by atoms with Gasteiger partial charge in [-0.15, -0.1) is 0 Å². The Kier molecular flexibility index (Phi) is 1.69. The molecule has 1 spiro atoms. The van der Waals surface area contributed by atoms with Crippen LogP contribution in [0.4, 0.5) is 0 Å². The zero-order valence-electron chi connectivity index (χ0n) is 11.1. The molecule has 4 aliphatic rings. The van der Waals surface area contributed by atoms with Crippen molar-refractivity contribution < 1.29 is 0 Å². The van der Waals surface area contributed by atoms with E-state index in [1.54, 1.807) is 24.8 Å². The molecule has 5 rings (SSSR count). The van der Waals surface area contributed by atoms with Crippen LogP contribution in [0.25, 0.3) is 0 Å². The molecule has 0 heteroatoms. The Morgan fingerprint density at radius 3 is 2.72 bits per heavy atom. The Morgan fingerprint density at radius 2 is 1.83 bits per heavy atom. The number of rotatable bonds is 1. The fourth-order valence-corrected chi connectivity index (χ4v) is 6.34. The van der Waals surface area contributed by atoms with Gasteiger partial charge in [-0.1, -0.05) is 49.6 Å². The lowest BCUT2D eigenvalue weighted by Crippen LogP contribution is -2.12. The molecule has 1 aromatic rings. The van der Waals surface area contributed by atoms with Crippen molar-refractivity contribution in [3.05, 3.63) is 35.9 Å². The third-order valence-electron chi connectivity index (χ3n) is 6.95. The number of benzene rings is 1. The maximum absolute atomic E-state index is 2.41. The molecule has 4 saturated carbocycles. The number of hydrogen-bond donors (Lipinski definition) is 0. The van der Waals surface area contributed by atoms with Gasteiger partial charge in [0.1, 0.15) is 0 Å². The van der Waals surface area contributed by atoms with Gasteiger partial charge in [0.2, 0.25) is 0 Å². The van der Waals surface area contributed by atoms with E-state index in [0.717, 1.165) is 23.2 Å². The van der Waals surface area contributed by atoms with Gasteiger partial charge in [0.25, 0.3) is 0 Å². The summed E-state index contributed by atoms with van der Waals surface area (Å²) in [4.78, 5) is 0. The van der Waals surface area contributed by atoms with E-state index in [9.17, 15) is 0 Å². The first kappa shape index (κ1) is 10.1. The summed E-state index contributed by atoms with van der Waals surface area (Å²) in [6.07, 6.45) is 10.7. The fourth-order valence-electron chi connectivity index (χ4n) is 6.34. The van der Waals surface area contributed by atoms with Crippen LogP contribution in [0.2, 0.25) is 0 Å². The van der Waals surface area contributed by atoms with E-state index < -0.39 is 0 Å². The highest BCUT2D eigenvalue weighted by atomic mass is 14.9. The summed E-state index contributed by atoms with van der Waals surface area (Å²) in [5, 5.41) is 0. The van der Waals surface area contributed by atoms with Gasteiger partial charge >= 0.3 is 0 Å². The van der Waals surface area contributed by atoms with Crippen LogP contribution < -0.4 is 0 Å². The van der Waals surface area contributed by atoms with Gasteiger partial charge in [-0.2, -0.15) is 0 Å². The molecule has 0 radical (unpaired) electrons. The summed E-state index contributed by atoms with van der Waals surface area (Å²) in [7, 11) is 0. The van der Waals surface area contributed by atoms with E-state index in [2.05, 4.69) is 30.3 Å². The van der Waals surface area contributed by atoms with Gasteiger partial charge in [0.05, 0.1) is 0 Å². The molecule has 0 N–H and O–H groups in total. The van der Waals surface area contributed by atoms with E-state index in [1.165, 1.54) is 25.7 Å². The SMILES string of the molecule is c1ccc([C@@]23C[C@@H]2CC24CCCCC[C@H]2[C@H]43)cc1. The van der Waals surface area contributed by atoms with Crippen LogP contribution in [-0.2, 0) is 5.41 Å². The third-order valence-corrected chi connectivity index (χ3v) is 6.95. The Morgan fingerprint density at radius 1 is 0.944 bits per heavy atom. The van der Waals surface area contributed by atoms with Crippen molar-refractivity contribution in [3.63, 3.8) is 0 Å². The molecule has 94 valence electrons. The lowest BCUT2D eigenvalue weighted by Gasteiger charge is -2.17. The van der Waals surface area contributed by atoms with Crippen LogP contribution in [0.15, 0.2) is 30.3 Å². The average Bonchev–Trinajstić information content (AvgIpc) is 3.25. The predicted molar refractivity (Wildman–Crippen MR) is 73.3 cm³/mol. The summed E-state index contributed by atoms with van der Waals surface area (Å²) >= 11 is 0. The van der Waals surface area contributed by atoms with E-state index in [-0.39, 0.29) is 0 Å². The molecular weight excluding hydrogens is 216 g/mol. The van der Waals surface area contributed by atoms with Gasteiger partial charge in [-0.05, 0) is 54.4 Å². The lowest BCUT2D eigenvalue weighted by molar-refractivity contribution is 0.378. The third kappa shape index (κ3) is 0.974. The molecule has 1 aromatic carbocycles. The molecular formula is C18H22. The summed E-state index contributed by atoms with van der Waals surface area (Å²) in [5.41, 5.74) is 3.17. The monoisotopic (exact) mass is 238 g/mol. The molecule has 0 aliphatic heterocycles. The second-order valence-corrected chi connectivity index (χ2v) is 7.43. The topological polar surface area (TPSA) is 0 Å². The van der Waals surface area contributed by atoms with Gasteiger partial charge in [0.15, 0.2) is 0 Å². The molecule has 4 fully saturated rings. The first-order valence-corrected chi connectivity index (χ1v) is 7.93. The number of fused-ring (bicyclic) bond motifs is 3. The van der Waals surface area contributed by atoms with Crippen molar-refractivity contribution >= 4 is 0 Å². The second-order valence-electron chi connectivity index (χ2n) is 7.43. The highest BCUT2D eigenvalue weighted by Crippen LogP contribution is 2.88. The van der Waals surface area contributed by atoms with Gasteiger partial charge in [-0.25, -0.2) is 0 Å². The van der Waals surface area contributed by atoms with Crippen molar-refractivity contribution in [2.45, 2.75) is 50.4 Å². The van der Waals surface area contributed by atoms with Gasteiger partial charge in [-0.3, -0.25) is 0 Å². The summed E-state index contributed by atoms with van der Waals surface area (Å²) in [5.74, 6) is 3.25. The van der Waals surface area contributed by atoms with Crippen LogP contribution in [0.3, 0.4) is 0 Å². The highest BCUT2D eigenvalue weighted by molar-refractivity contribution is 5.45. The zero-order chi connectivity index (χ0) is 11.8. The lowest BCUT2D eigenvalue weighted by atomic mass is 9.87. The maximum Gasteiger partial charge on any atom is 0.00212 e. The molecule has 0 aromatic heterocycles. The van der Waals surface area contributed by atoms with Crippen molar-refractivity contribution in [2.75, 3.05) is 0 Å². The molecule has 18 heavy (non-hydrogen) atoms. The van der Waals surface area contributed by atoms with E-state index >= 15 is 0 Å². The van der Waals surface area contributed by atoms with Gasteiger partial charge < -0.3 is 0 Å². The first-order chi connectivity index (χ1) is 8.88. The molecule has 1 unspecified atom stereocenters. The smallest absolute Gasteiger partial charge is 0.00212 e. The van der Waals surface area contributed by atoms with E-state index in [0.29, 0.717) is 5.41 Å². The highest BCUT2D eigenvalue weighted by Gasteiger charge is 2.83. The minimum absolute atomic E-state index is 0.656.